The summed E-state index contributed by atoms with van der Waals surface area (Å²) >= 11 is 3.30. The Hall–Kier alpha value is -0.560. The minimum absolute atomic E-state index is 0.0231. The van der Waals surface area contributed by atoms with Crippen molar-refractivity contribution in [2.45, 2.75) is 43.9 Å². The van der Waals surface area contributed by atoms with Crippen LogP contribution in [-0.4, -0.2) is 52.7 Å². The standard InChI is InChI=1S/C13H26N2O3S2/c1-5-13(6-2,20-4)9-14-12(18)15-10(11(16)17)7-8-19-3/h10H,5-9H2,1-4H3,(H,16,17)(H2,14,15,18). The first kappa shape index (κ1) is 19.4. The largest absolute Gasteiger partial charge is 0.480 e. The van der Waals surface area contributed by atoms with Gasteiger partial charge in [0, 0.05) is 11.3 Å². The number of carbonyl (C=O) groups is 2. The summed E-state index contributed by atoms with van der Waals surface area (Å²) in [5.74, 6) is -0.285. The van der Waals surface area contributed by atoms with Crippen LogP contribution in [0.1, 0.15) is 33.1 Å². The highest BCUT2D eigenvalue weighted by atomic mass is 32.2. The molecule has 5 nitrogen and oxygen atoms in total. The van der Waals surface area contributed by atoms with Crippen molar-refractivity contribution in [3.63, 3.8) is 0 Å². The highest BCUT2D eigenvalue weighted by Gasteiger charge is 2.26. The van der Waals surface area contributed by atoms with Crippen molar-refractivity contribution in [2.24, 2.45) is 0 Å². The van der Waals surface area contributed by atoms with Gasteiger partial charge in [-0.1, -0.05) is 13.8 Å². The SMILES string of the molecule is CCC(CC)(CNC(=O)NC(CCSC)C(=O)O)SC. The van der Waals surface area contributed by atoms with Gasteiger partial charge in [-0.3, -0.25) is 0 Å². The lowest BCUT2D eigenvalue weighted by atomic mass is 10.0. The second-order valence-electron chi connectivity index (χ2n) is 4.59. The van der Waals surface area contributed by atoms with Gasteiger partial charge in [0.25, 0.3) is 0 Å². The molecule has 20 heavy (non-hydrogen) atoms. The van der Waals surface area contributed by atoms with Crippen molar-refractivity contribution in [3.05, 3.63) is 0 Å². The number of carbonyl (C=O) groups excluding carboxylic acids is 1. The molecule has 0 spiro atoms. The first-order chi connectivity index (χ1) is 9.44. The van der Waals surface area contributed by atoms with Gasteiger partial charge in [-0.2, -0.15) is 23.5 Å². The number of carboxylic acids is 1. The van der Waals surface area contributed by atoms with Gasteiger partial charge in [-0.15, -0.1) is 0 Å². The van der Waals surface area contributed by atoms with E-state index in [1.54, 1.807) is 23.5 Å². The maximum atomic E-state index is 11.8. The number of nitrogens with one attached hydrogen (secondary N) is 2. The van der Waals surface area contributed by atoms with Crippen LogP contribution in [0.2, 0.25) is 0 Å². The van der Waals surface area contributed by atoms with E-state index in [9.17, 15) is 9.59 Å². The van der Waals surface area contributed by atoms with Crippen molar-refractivity contribution in [1.29, 1.82) is 0 Å². The Morgan fingerprint density at radius 2 is 1.85 bits per heavy atom. The smallest absolute Gasteiger partial charge is 0.326 e. The molecule has 0 aliphatic carbocycles. The van der Waals surface area contributed by atoms with Crippen LogP contribution in [0.15, 0.2) is 0 Å². The summed E-state index contributed by atoms with van der Waals surface area (Å²) in [6, 6.07) is -1.23. The third-order valence-electron chi connectivity index (χ3n) is 3.51. The van der Waals surface area contributed by atoms with Crippen molar-refractivity contribution >= 4 is 35.5 Å². The van der Waals surface area contributed by atoms with E-state index < -0.39 is 18.0 Å². The van der Waals surface area contributed by atoms with Crippen molar-refractivity contribution in [2.75, 3.05) is 24.8 Å². The second kappa shape index (κ2) is 10.2. The molecule has 0 aromatic rings. The summed E-state index contributed by atoms with van der Waals surface area (Å²) in [7, 11) is 0. The van der Waals surface area contributed by atoms with Crippen molar-refractivity contribution in [1.82, 2.24) is 10.6 Å². The zero-order chi connectivity index (χ0) is 15.6. The Bertz CT molecular complexity index is 302. The van der Waals surface area contributed by atoms with Crippen LogP contribution < -0.4 is 10.6 Å². The summed E-state index contributed by atoms with van der Waals surface area (Å²) in [5.41, 5.74) is 0. The number of rotatable bonds is 10. The molecule has 1 unspecified atom stereocenters. The summed E-state index contributed by atoms with van der Waals surface area (Å²) < 4.78 is 0.0231. The Morgan fingerprint density at radius 3 is 2.25 bits per heavy atom. The van der Waals surface area contributed by atoms with Gasteiger partial charge in [-0.25, -0.2) is 9.59 Å². The summed E-state index contributed by atoms with van der Waals surface area (Å²) in [5, 5.41) is 14.4. The molecule has 2 amide bonds. The number of amides is 2. The topological polar surface area (TPSA) is 78.4 Å². The van der Waals surface area contributed by atoms with Crippen LogP contribution in [0, 0.1) is 0 Å². The zero-order valence-corrected chi connectivity index (χ0v) is 14.3. The molecular weight excluding hydrogens is 296 g/mol. The number of aliphatic carboxylic acids is 1. The number of hydrogen-bond donors (Lipinski definition) is 3. The van der Waals surface area contributed by atoms with E-state index in [4.69, 9.17) is 5.11 Å². The number of hydrogen-bond acceptors (Lipinski definition) is 4. The van der Waals surface area contributed by atoms with E-state index in [1.807, 2.05) is 12.5 Å². The fourth-order valence-electron chi connectivity index (χ4n) is 1.80. The van der Waals surface area contributed by atoms with E-state index in [0.29, 0.717) is 18.7 Å². The van der Waals surface area contributed by atoms with E-state index in [1.165, 1.54) is 0 Å². The summed E-state index contributed by atoms with van der Waals surface area (Å²) in [4.78, 5) is 22.9. The van der Waals surface area contributed by atoms with Gasteiger partial charge in [0.1, 0.15) is 6.04 Å². The quantitative estimate of drug-likeness (QED) is 0.576. The molecule has 1 atom stereocenters. The van der Waals surface area contributed by atoms with Crippen LogP contribution in [-0.2, 0) is 4.79 Å². The Balaban J connectivity index is 4.35. The molecule has 0 aromatic carbocycles. The lowest BCUT2D eigenvalue weighted by Gasteiger charge is -2.30. The van der Waals surface area contributed by atoms with Crippen LogP contribution in [0.25, 0.3) is 0 Å². The van der Waals surface area contributed by atoms with Gasteiger partial charge in [0.2, 0.25) is 0 Å². The summed E-state index contributed by atoms with van der Waals surface area (Å²) in [6.07, 6.45) is 6.29. The van der Waals surface area contributed by atoms with Gasteiger partial charge in [0.15, 0.2) is 0 Å². The highest BCUT2D eigenvalue weighted by molar-refractivity contribution is 8.00. The van der Waals surface area contributed by atoms with Gasteiger partial charge < -0.3 is 15.7 Å². The predicted octanol–water partition coefficient (Wildman–Crippen LogP) is 2.41. The average molecular weight is 322 g/mol. The number of thioether (sulfide) groups is 2. The maximum absolute atomic E-state index is 11.8. The fourth-order valence-corrected chi connectivity index (χ4v) is 3.07. The molecule has 118 valence electrons. The summed E-state index contributed by atoms with van der Waals surface area (Å²) in [6.45, 7) is 4.73. The average Bonchev–Trinajstić information content (AvgIpc) is 2.45. The van der Waals surface area contributed by atoms with Crippen molar-refractivity contribution in [3.8, 4) is 0 Å². The number of carboxylic acid groups (broad SMARTS) is 1. The Labute approximate surface area is 130 Å². The third kappa shape index (κ3) is 6.74. The minimum Gasteiger partial charge on any atom is -0.480 e. The maximum Gasteiger partial charge on any atom is 0.326 e. The lowest BCUT2D eigenvalue weighted by Crippen LogP contribution is -2.49. The Kier molecular flexibility index (Phi) is 9.92. The zero-order valence-electron chi connectivity index (χ0n) is 12.7. The molecular formula is C13H26N2O3S2. The fraction of sp³-hybridized carbons (Fsp3) is 0.846. The second-order valence-corrected chi connectivity index (χ2v) is 6.85. The first-order valence-corrected chi connectivity index (χ1v) is 9.37. The van der Waals surface area contributed by atoms with Crippen molar-refractivity contribution < 1.29 is 14.7 Å². The molecule has 0 aliphatic heterocycles. The molecule has 0 saturated heterocycles. The lowest BCUT2D eigenvalue weighted by molar-refractivity contribution is -0.139. The van der Waals surface area contributed by atoms with E-state index in [0.717, 1.165) is 12.8 Å². The van der Waals surface area contributed by atoms with E-state index in [2.05, 4.69) is 24.5 Å². The molecule has 0 rings (SSSR count). The molecule has 0 saturated carbocycles. The van der Waals surface area contributed by atoms with E-state index in [-0.39, 0.29) is 4.75 Å². The monoisotopic (exact) mass is 322 g/mol. The van der Waals surface area contributed by atoms with Crippen LogP contribution in [0.3, 0.4) is 0 Å². The van der Waals surface area contributed by atoms with Gasteiger partial charge >= 0.3 is 12.0 Å². The molecule has 0 bridgehead atoms. The van der Waals surface area contributed by atoms with Gasteiger partial charge in [0.05, 0.1) is 0 Å². The predicted molar refractivity (Wildman–Crippen MR) is 87.8 cm³/mol. The number of urea groups is 1. The molecule has 0 heterocycles. The molecule has 0 fully saturated rings. The normalized spacial score (nSPS) is 12.8. The molecule has 0 aromatic heterocycles. The van der Waals surface area contributed by atoms with Crippen LogP contribution in [0.4, 0.5) is 4.79 Å². The van der Waals surface area contributed by atoms with Crippen LogP contribution >= 0.6 is 23.5 Å². The third-order valence-corrected chi connectivity index (χ3v) is 5.74. The highest BCUT2D eigenvalue weighted by Crippen LogP contribution is 2.29. The molecule has 0 aliphatic rings. The van der Waals surface area contributed by atoms with E-state index >= 15 is 0 Å². The molecule has 7 heteroatoms. The van der Waals surface area contributed by atoms with Gasteiger partial charge in [-0.05, 0) is 37.5 Å². The molecule has 0 radical (unpaired) electrons. The Morgan fingerprint density at radius 1 is 1.25 bits per heavy atom. The van der Waals surface area contributed by atoms with Crippen LogP contribution in [0.5, 0.6) is 0 Å². The molecule has 3 N–H and O–H groups in total. The minimum atomic E-state index is -0.990. The first-order valence-electron chi connectivity index (χ1n) is 6.76.